The SMILES string of the molecule is O=S(=O)(c1ccc2ccccc2n1)N1CCC[C@@H]1CCN1CC=C(c2c[nH]c3cc(F)ccc23)CC1. The van der Waals surface area contributed by atoms with E-state index >= 15 is 0 Å². The van der Waals surface area contributed by atoms with Crippen LogP contribution in [0.15, 0.2) is 71.9 Å². The lowest BCUT2D eigenvalue weighted by atomic mass is 9.98. The van der Waals surface area contributed by atoms with Gasteiger partial charge in [-0.2, -0.15) is 4.31 Å². The van der Waals surface area contributed by atoms with E-state index in [2.05, 4.69) is 20.9 Å². The number of aromatic nitrogens is 2. The molecule has 0 unspecified atom stereocenters. The molecule has 2 aliphatic heterocycles. The van der Waals surface area contributed by atoms with Crippen molar-refractivity contribution in [2.45, 2.75) is 36.8 Å². The number of para-hydroxylation sites is 1. The van der Waals surface area contributed by atoms with Crippen molar-refractivity contribution in [1.29, 1.82) is 0 Å². The van der Waals surface area contributed by atoms with Crippen LogP contribution in [0.1, 0.15) is 31.2 Å². The molecule has 2 aromatic carbocycles. The largest absolute Gasteiger partial charge is 0.360 e. The first-order chi connectivity index (χ1) is 17.5. The Labute approximate surface area is 210 Å². The minimum Gasteiger partial charge on any atom is -0.360 e. The summed E-state index contributed by atoms with van der Waals surface area (Å²) in [5.74, 6) is -0.237. The van der Waals surface area contributed by atoms with Crippen LogP contribution in [0.3, 0.4) is 0 Å². The molecule has 0 spiro atoms. The number of nitrogens with one attached hydrogen (secondary N) is 1. The molecule has 186 valence electrons. The van der Waals surface area contributed by atoms with Gasteiger partial charge < -0.3 is 4.98 Å². The number of halogens is 1. The third kappa shape index (κ3) is 4.34. The van der Waals surface area contributed by atoms with E-state index in [4.69, 9.17) is 0 Å². The van der Waals surface area contributed by atoms with E-state index in [0.29, 0.717) is 12.1 Å². The van der Waals surface area contributed by atoms with Gasteiger partial charge in [0.1, 0.15) is 5.82 Å². The molecule has 4 heterocycles. The minimum absolute atomic E-state index is 0.00263. The Balaban J connectivity index is 1.12. The molecule has 6 rings (SSSR count). The van der Waals surface area contributed by atoms with Crippen LogP contribution in [-0.2, 0) is 10.0 Å². The number of sulfonamides is 1. The summed E-state index contributed by atoms with van der Waals surface area (Å²) in [7, 11) is -3.63. The van der Waals surface area contributed by atoms with Gasteiger partial charge in [-0.25, -0.2) is 17.8 Å². The van der Waals surface area contributed by atoms with Gasteiger partial charge in [0.2, 0.25) is 0 Å². The molecule has 0 saturated carbocycles. The Kier molecular flexibility index (Phi) is 6.11. The lowest BCUT2D eigenvalue weighted by molar-refractivity contribution is 0.262. The Morgan fingerprint density at radius 3 is 2.83 bits per heavy atom. The molecule has 1 atom stereocenters. The van der Waals surface area contributed by atoms with Gasteiger partial charge in [-0.05, 0) is 74.2 Å². The van der Waals surface area contributed by atoms with Crippen LogP contribution in [0.5, 0.6) is 0 Å². The number of aromatic amines is 1. The van der Waals surface area contributed by atoms with Gasteiger partial charge in [-0.3, -0.25) is 4.90 Å². The summed E-state index contributed by atoms with van der Waals surface area (Å²) in [5.41, 5.74) is 3.93. The number of rotatable bonds is 6. The summed E-state index contributed by atoms with van der Waals surface area (Å²) in [6, 6.07) is 15.9. The molecule has 2 aromatic heterocycles. The Morgan fingerprint density at radius 1 is 1.08 bits per heavy atom. The molecule has 0 amide bonds. The fourth-order valence-electron chi connectivity index (χ4n) is 5.58. The van der Waals surface area contributed by atoms with E-state index in [0.717, 1.165) is 67.2 Å². The second-order valence-corrected chi connectivity index (χ2v) is 11.6. The van der Waals surface area contributed by atoms with Crippen molar-refractivity contribution in [3.8, 4) is 0 Å². The van der Waals surface area contributed by atoms with Crippen molar-refractivity contribution >= 4 is 37.4 Å². The van der Waals surface area contributed by atoms with Gasteiger partial charge in [0.15, 0.2) is 5.03 Å². The number of H-pyrrole nitrogens is 1. The predicted octanol–water partition coefficient (Wildman–Crippen LogP) is 5.19. The second kappa shape index (κ2) is 9.42. The molecule has 1 saturated heterocycles. The van der Waals surface area contributed by atoms with E-state index in [9.17, 15) is 12.8 Å². The summed E-state index contributed by atoms with van der Waals surface area (Å²) < 4.78 is 42.1. The van der Waals surface area contributed by atoms with Crippen molar-refractivity contribution in [2.24, 2.45) is 0 Å². The highest BCUT2D eigenvalue weighted by Gasteiger charge is 2.36. The van der Waals surface area contributed by atoms with Crippen LogP contribution in [-0.4, -0.2) is 59.8 Å². The molecule has 4 aromatic rings. The monoisotopic (exact) mass is 504 g/mol. The molecular formula is C28H29FN4O2S. The lowest BCUT2D eigenvalue weighted by Crippen LogP contribution is -2.39. The first-order valence-electron chi connectivity index (χ1n) is 12.5. The number of pyridine rings is 1. The van der Waals surface area contributed by atoms with Gasteiger partial charge in [0.05, 0.1) is 5.52 Å². The number of benzene rings is 2. The molecule has 0 radical (unpaired) electrons. The van der Waals surface area contributed by atoms with Crippen molar-refractivity contribution in [2.75, 3.05) is 26.2 Å². The first kappa shape index (κ1) is 23.3. The fourth-order valence-corrected chi connectivity index (χ4v) is 7.25. The van der Waals surface area contributed by atoms with Crippen LogP contribution < -0.4 is 0 Å². The zero-order valence-corrected chi connectivity index (χ0v) is 20.8. The molecule has 1 N–H and O–H groups in total. The van der Waals surface area contributed by atoms with Crippen LogP contribution in [0.4, 0.5) is 4.39 Å². The molecule has 8 heteroatoms. The lowest BCUT2D eigenvalue weighted by Gasteiger charge is -2.29. The predicted molar refractivity (Wildman–Crippen MR) is 141 cm³/mol. The quantitative estimate of drug-likeness (QED) is 0.393. The Morgan fingerprint density at radius 2 is 1.97 bits per heavy atom. The first-order valence-corrected chi connectivity index (χ1v) is 14.0. The van der Waals surface area contributed by atoms with Crippen LogP contribution in [0.25, 0.3) is 27.4 Å². The summed E-state index contributed by atoms with van der Waals surface area (Å²) >= 11 is 0. The molecular weight excluding hydrogens is 475 g/mol. The van der Waals surface area contributed by atoms with Crippen LogP contribution in [0.2, 0.25) is 0 Å². The highest BCUT2D eigenvalue weighted by Crippen LogP contribution is 2.31. The van der Waals surface area contributed by atoms with Crippen molar-refractivity contribution in [3.63, 3.8) is 0 Å². The maximum Gasteiger partial charge on any atom is 0.260 e. The number of nitrogens with zero attached hydrogens (tertiary/aromatic N) is 3. The van der Waals surface area contributed by atoms with Crippen molar-refractivity contribution in [3.05, 3.63) is 78.3 Å². The standard InChI is InChI=1S/C28H29FN4O2S/c29-22-8-9-24-25(19-30-27(24)18-22)20-11-15-32(16-12-20)17-13-23-5-3-14-33(23)36(34,35)28-10-7-21-4-1-2-6-26(21)31-28/h1-2,4,6-11,18-19,23,30H,3,5,12-17H2/t23-/m1/s1. The summed E-state index contributed by atoms with van der Waals surface area (Å²) in [6.45, 7) is 3.15. The van der Waals surface area contributed by atoms with Crippen LogP contribution >= 0.6 is 0 Å². The third-order valence-electron chi connectivity index (χ3n) is 7.53. The zero-order valence-electron chi connectivity index (χ0n) is 20.0. The molecule has 1 fully saturated rings. The highest BCUT2D eigenvalue weighted by molar-refractivity contribution is 7.89. The Hall–Kier alpha value is -3.07. The molecule has 6 nitrogen and oxygen atoms in total. The fraction of sp³-hybridized carbons (Fsp3) is 0.321. The highest BCUT2D eigenvalue weighted by atomic mass is 32.2. The van der Waals surface area contributed by atoms with E-state index in [1.807, 2.05) is 42.6 Å². The van der Waals surface area contributed by atoms with Gasteiger partial charge in [-0.15, -0.1) is 0 Å². The van der Waals surface area contributed by atoms with Crippen molar-refractivity contribution in [1.82, 2.24) is 19.2 Å². The summed E-state index contributed by atoms with van der Waals surface area (Å²) in [6.07, 6.45) is 7.70. The molecule has 36 heavy (non-hydrogen) atoms. The topological polar surface area (TPSA) is 69.3 Å². The van der Waals surface area contributed by atoms with E-state index in [1.54, 1.807) is 10.4 Å². The van der Waals surface area contributed by atoms with Gasteiger partial charge in [0, 0.05) is 53.7 Å². The summed E-state index contributed by atoms with van der Waals surface area (Å²) in [5, 5.41) is 2.12. The second-order valence-electron chi connectivity index (χ2n) is 9.71. The molecule has 2 aliphatic rings. The van der Waals surface area contributed by atoms with Crippen molar-refractivity contribution < 1.29 is 12.8 Å². The maximum absolute atomic E-state index is 13.5. The third-order valence-corrected chi connectivity index (χ3v) is 9.38. The normalized spacial score (nSPS) is 19.8. The molecule has 0 bridgehead atoms. The molecule has 0 aliphatic carbocycles. The van der Waals surface area contributed by atoms with Gasteiger partial charge in [-0.1, -0.05) is 24.3 Å². The van der Waals surface area contributed by atoms with Crippen LogP contribution in [0, 0.1) is 5.82 Å². The van der Waals surface area contributed by atoms with Gasteiger partial charge >= 0.3 is 0 Å². The average molecular weight is 505 g/mol. The average Bonchev–Trinajstić information content (AvgIpc) is 3.55. The van der Waals surface area contributed by atoms with E-state index in [-0.39, 0.29) is 16.9 Å². The number of hydrogen-bond donors (Lipinski definition) is 1. The van der Waals surface area contributed by atoms with E-state index in [1.165, 1.54) is 17.7 Å². The number of fused-ring (bicyclic) bond motifs is 2. The van der Waals surface area contributed by atoms with E-state index < -0.39 is 10.0 Å². The minimum atomic E-state index is -3.63. The maximum atomic E-state index is 13.5. The summed E-state index contributed by atoms with van der Waals surface area (Å²) in [4.78, 5) is 10.0. The Bertz CT molecular complexity index is 1560. The smallest absolute Gasteiger partial charge is 0.260 e. The van der Waals surface area contributed by atoms with Gasteiger partial charge in [0.25, 0.3) is 10.0 Å². The zero-order chi connectivity index (χ0) is 24.7. The number of hydrogen-bond acceptors (Lipinski definition) is 4.